The summed E-state index contributed by atoms with van der Waals surface area (Å²) >= 11 is 0. The highest BCUT2D eigenvalue weighted by Gasteiger charge is 2.45. The van der Waals surface area contributed by atoms with Crippen molar-refractivity contribution >= 4 is 98.8 Å². The maximum absolute atomic E-state index is 15.0. The molecular formula is C66H81N15O19. The summed E-state index contributed by atoms with van der Waals surface area (Å²) in [5, 5.41) is 61.3. The smallest absolute Gasteiger partial charge is 0.338 e. The third kappa shape index (κ3) is 20.7. The average molecular weight is 1390 g/mol. The molecule has 2 aliphatic rings. The predicted molar refractivity (Wildman–Crippen MR) is 361 cm³/mol. The number of methoxy groups -OCH3 is 1. The monoisotopic (exact) mass is 1390 g/mol. The fourth-order valence-corrected chi connectivity index (χ4v) is 11.8. The van der Waals surface area contributed by atoms with Gasteiger partial charge in [0.2, 0.25) is 53.2 Å². The number of aliphatic hydroxyl groups excluding tert-OH is 1. The Labute approximate surface area is 572 Å². The lowest BCUT2D eigenvalue weighted by Crippen LogP contribution is -2.59. The van der Waals surface area contributed by atoms with Crippen LogP contribution < -0.4 is 63.9 Å². The number of unbranched alkanes of at least 4 members (excludes halogenated alkanes) is 1. The minimum atomic E-state index is -1.70. The summed E-state index contributed by atoms with van der Waals surface area (Å²) in [4.78, 5) is 181. The second-order valence-electron chi connectivity index (χ2n) is 23.8. The largest absolute Gasteiger partial charge is 0.497 e. The zero-order valence-electron chi connectivity index (χ0n) is 55.1. The highest BCUT2D eigenvalue weighted by molar-refractivity contribution is 6.07. The quantitative estimate of drug-likeness (QED) is 0.00667. The molecule has 34 heteroatoms. The molecule has 2 saturated heterocycles. The number of carbonyl (C=O) groups is 10. The van der Waals surface area contributed by atoms with Crippen molar-refractivity contribution in [2.75, 3.05) is 56.7 Å². The first-order valence-corrected chi connectivity index (χ1v) is 32.2. The fourth-order valence-electron chi connectivity index (χ4n) is 11.8. The van der Waals surface area contributed by atoms with Crippen LogP contribution in [0.3, 0.4) is 0 Å². The number of nitrogens with one attached hydrogen (secondary N) is 7. The third-order valence-corrected chi connectivity index (χ3v) is 16.8. The van der Waals surface area contributed by atoms with Gasteiger partial charge in [-0.2, -0.15) is 0 Å². The van der Waals surface area contributed by atoms with E-state index >= 15 is 0 Å². The summed E-state index contributed by atoms with van der Waals surface area (Å²) in [6, 6.07) is 14.9. The average Bonchev–Trinajstić information content (AvgIpc) is 1.25. The van der Waals surface area contributed by atoms with Crippen LogP contribution in [0, 0.1) is 20.2 Å². The number of amides is 9. The number of hydrogen-bond donors (Lipinski definition) is 11. The topological polar surface area (TPSA) is 495 Å². The van der Waals surface area contributed by atoms with Crippen LogP contribution in [0.1, 0.15) is 82.8 Å². The number of nitro groups is 2. The first kappa shape index (κ1) is 75.8. The first-order chi connectivity index (χ1) is 47.8. The van der Waals surface area contributed by atoms with Gasteiger partial charge < -0.3 is 77.9 Å². The van der Waals surface area contributed by atoms with Gasteiger partial charge in [0.1, 0.15) is 65.4 Å². The molecule has 0 unspecified atom stereocenters. The van der Waals surface area contributed by atoms with Gasteiger partial charge in [0, 0.05) is 69.5 Å². The lowest BCUT2D eigenvalue weighted by atomic mass is 10.0. The maximum atomic E-state index is 15.0. The van der Waals surface area contributed by atoms with E-state index < -0.39 is 147 Å². The minimum absolute atomic E-state index is 0.0109. The van der Waals surface area contributed by atoms with E-state index in [0.717, 1.165) is 18.2 Å². The van der Waals surface area contributed by atoms with Crippen molar-refractivity contribution in [3.05, 3.63) is 145 Å². The van der Waals surface area contributed by atoms with Crippen LogP contribution in [0.25, 0.3) is 11.0 Å². The normalized spacial score (nSPS) is 15.8. The standard InChI is InChI=1S/C66H81N15O19/c1-38(58(86)75-47(31-40-15-6-4-7-16-40)59(87)69-27-11-10-19-46(65(93)94)73-45-26-23-42(80(95)96)33-54(45)81(97)98)72-61(89)49(37-82)76-60(88)48(32-41-17-8-5-9-18-41)74-56(84)36-71-62(90)50-21-13-29-77(50)63(91)51-22-14-30-78(51)64(92)52(20-12-28-70-66(67)68)79(39(2)83)53-35-57(85)100-55-34-43(99-3)24-25-44(53)55/h4-9,15-18,23-26,33-35,38,46-52,73,82H,10-14,19-22,27-32,36-37H2,1-3H3,(H,69,87)(H,71,90)(H,72,89)(H,74,84)(H,75,86)(H,76,88)(H,93,94)(H4,67,68,70)/t38-,46-,47-,48-,49-,50-,51-,52-/m0/s1. The molecule has 534 valence electrons. The number of nitrogens with two attached hydrogens (primary N) is 2. The number of carboxylic acid groups (broad SMARTS) is 1. The van der Waals surface area contributed by atoms with Crippen molar-refractivity contribution in [2.45, 2.75) is 133 Å². The molecule has 0 aliphatic carbocycles. The first-order valence-electron chi connectivity index (χ1n) is 32.2. The van der Waals surface area contributed by atoms with Crippen LogP contribution in [-0.2, 0) is 60.8 Å². The number of carbonyl (C=O) groups excluding carboxylic acids is 9. The van der Waals surface area contributed by atoms with Gasteiger partial charge in [-0.1, -0.05) is 60.7 Å². The molecule has 1 aromatic heterocycles. The van der Waals surface area contributed by atoms with Crippen LogP contribution in [0.5, 0.6) is 5.75 Å². The van der Waals surface area contributed by atoms with E-state index in [-0.39, 0.29) is 107 Å². The number of aliphatic hydroxyl groups is 1. The number of nitro benzene ring substituents is 2. The van der Waals surface area contributed by atoms with Gasteiger partial charge in [0.25, 0.3) is 11.4 Å². The molecule has 8 atom stereocenters. The highest BCUT2D eigenvalue weighted by Crippen LogP contribution is 2.34. The minimum Gasteiger partial charge on any atom is -0.497 e. The maximum Gasteiger partial charge on any atom is 0.338 e. The lowest BCUT2D eigenvalue weighted by molar-refractivity contribution is -0.393. The van der Waals surface area contributed by atoms with Gasteiger partial charge in [0.05, 0.1) is 41.9 Å². The number of ether oxygens (including phenoxy) is 1. The number of aliphatic carboxylic acids is 1. The number of rotatable bonds is 35. The molecule has 0 radical (unpaired) electrons. The van der Waals surface area contributed by atoms with Crippen LogP contribution in [-0.4, -0.2) is 190 Å². The zero-order chi connectivity index (χ0) is 72.7. The molecular weight excluding hydrogens is 1310 g/mol. The lowest BCUT2D eigenvalue weighted by Gasteiger charge is -2.36. The molecule has 5 aromatic rings. The molecule has 0 saturated carbocycles. The van der Waals surface area contributed by atoms with E-state index in [4.69, 9.17) is 20.6 Å². The SMILES string of the molecule is COc1ccc2c(N(C(C)=O)[C@@H](CCCN=C(N)N)C(=O)N3CCC[C@H]3C(=O)N3CCC[C@H]3C(=O)NCC(=O)N[C@@H](Cc3ccccc3)C(=O)N[C@@H](CO)C(=O)N[C@@H](C)C(=O)N[C@@H](Cc3ccccc3)C(=O)NCCCC[C@H](Nc3ccc([N+](=O)[O-])cc3[N+](=O)[O-])C(=O)O)cc(=O)oc2c1. The Morgan fingerprint density at radius 1 is 0.720 bits per heavy atom. The fraction of sp³-hybridized carbons (Fsp3) is 0.424. The Bertz CT molecular complexity index is 3910. The summed E-state index contributed by atoms with van der Waals surface area (Å²) in [5.74, 6) is -8.06. The van der Waals surface area contributed by atoms with Crippen molar-refractivity contribution in [1.82, 2.24) is 41.7 Å². The van der Waals surface area contributed by atoms with Gasteiger partial charge in [0.15, 0.2) is 5.96 Å². The van der Waals surface area contributed by atoms with Crippen molar-refractivity contribution in [2.24, 2.45) is 16.5 Å². The van der Waals surface area contributed by atoms with E-state index in [1.807, 2.05) is 0 Å². The molecule has 3 heterocycles. The molecule has 4 aromatic carbocycles. The summed E-state index contributed by atoms with van der Waals surface area (Å²) in [6.07, 6.45) is 1.44. The Morgan fingerprint density at radius 2 is 1.35 bits per heavy atom. The van der Waals surface area contributed by atoms with Crippen LogP contribution in [0.2, 0.25) is 0 Å². The van der Waals surface area contributed by atoms with Crippen LogP contribution in [0.4, 0.5) is 22.7 Å². The summed E-state index contributed by atoms with van der Waals surface area (Å²) in [6.45, 7) is 1.12. The van der Waals surface area contributed by atoms with E-state index in [2.05, 4.69) is 42.2 Å². The molecule has 0 spiro atoms. The number of benzene rings is 4. The van der Waals surface area contributed by atoms with Crippen molar-refractivity contribution in [1.29, 1.82) is 0 Å². The molecule has 34 nitrogen and oxygen atoms in total. The van der Waals surface area contributed by atoms with Crippen molar-refractivity contribution < 1.29 is 77.2 Å². The molecule has 9 amide bonds. The van der Waals surface area contributed by atoms with E-state index in [9.17, 15) is 83.2 Å². The number of anilines is 2. The number of aliphatic imine (C=N–C) groups is 1. The van der Waals surface area contributed by atoms with Gasteiger partial charge >= 0.3 is 11.6 Å². The molecule has 2 aliphatic heterocycles. The summed E-state index contributed by atoms with van der Waals surface area (Å²) < 4.78 is 10.8. The zero-order valence-corrected chi connectivity index (χ0v) is 55.1. The predicted octanol–water partition coefficient (Wildman–Crippen LogP) is 0.780. The van der Waals surface area contributed by atoms with E-state index in [0.29, 0.717) is 41.2 Å². The summed E-state index contributed by atoms with van der Waals surface area (Å²) in [7, 11) is 1.42. The Morgan fingerprint density at radius 3 is 1.96 bits per heavy atom. The van der Waals surface area contributed by atoms with Gasteiger partial charge in [-0.05, 0) is 94.0 Å². The number of guanidine groups is 1. The number of nitrogens with zero attached hydrogens (tertiary/aromatic N) is 6. The molecule has 0 bridgehead atoms. The van der Waals surface area contributed by atoms with Gasteiger partial charge in [-0.25, -0.2) is 9.59 Å². The Hall–Kier alpha value is -11.6. The molecule has 7 rings (SSSR count). The number of likely N-dealkylation sites (tertiary alicyclic amines) is 2. The number of non-ortho nitro benzene ring substituents is 1. The second kappa shape index (κ2) is 36.1. The molecule has 2 fully saturated rings. The summed E-state index contributed by atoms with van der Waals surface area (Å²) in [5.41, 5.74) is 10.2. The van der Waals surface area contributed by atoms with E-state index in [1.54, 1.807) is 72.8 Å². The number of fused-ring (bicyclic) bond motifs is 1. The third-order valence-electron chi connectivity index (χ3n) is 16.8. The molecule has 100 heavy (non-hydrogen) atoms. The molecule has 13 N–H and O–H groups in total. The number of hydrogen-bond acceptors (Lipinski definition) is 20. The Kier molecular flexibility index (Phi) is 27.4. The second-order valence-corrected chi connectivity index (χ2v) is 23.8. The number of carboxylic acids is 1. The van der Waals surface area contributed by atoms with E-state index in [1.165, 1.54) is 41.7 Å². The van der Waals surface area contributed by atoms with Crippen molar-refractivity contribution in [3.63, 3.8) is 0 Å². The Balaban J connectivity index is 0.952. The van der Waals surface area contributed by atoms with Gasteiger partial charge in [-0.15, -0.1) is 0 Å². The van der Waals surface area contributed by atoms with Crippen LogP contribution >= 0.6 is 0 Å². The van der Waals surface area contributed by atoms with Gasteiger partial charge in [-0.3, -0.25) is 73.3 Å². The highest BCUT2D eigenvalue weighted by atomic mass is 16.6. The van der Waals surface area contributed by atoms with Crippen LogP contribution in [0.15, 0.2) is 117 Å². The van der Waals surface area contributed by atoms with Crippen molar-refractivity contribution in [3.8, 4) is 5.75 Å².